The smallest absolute Gasteiger partial charge is 0.242 e. The quantitative estimate of drug-likeness (QED) is 0.124. The molecule has 1 unspecified atom stereocenters. The Bertz CT molecular complexity index is 1910. The lowest BCUT2D eigenvalue weighted by atomic mass is 9.83. The summed E-state index contributed by atoms with van der Waals surface area (Å²) in [6.07, 6.45) is 0. The molecular weight excluding hydrogens is 587 g/mol. The van der Waals surface area contributed by atoms with Gasteiger partial charge in [0.25, 0.3) is 0 Å². The minimum atomic E-state index is -0.651. The second kappa shape index (κ2) is 12.7. The molecule has 0 fully saturated rings. The number of fused-ring (bicyclic) bond motifs is 2. The Morgan fingerprint density at radius 2 is 1.30 bits per heavy atom. The van der Waals surface area contributed by atoms with Gasteiger partial charge in [-0.1, -0.05) is 90.5 Å². The Morgan fingerprint density at radius 1 is 0.659 bits per heavy atom. The average molecular weight is 614 g/mol. The molecule has 5 aromatic rings. The number of thiocarbonyl (C=S) groups is 1. The first-order valence-corrected chi connectivity index (χ1v) is 15.2. The number of hydrogen-bond acceptors (Lipinski definition) is 5. The van der Waals surface area contributed by atoms with E-state index >= 15 is 0 Å². The molecule has 3 N–H and O–H groups in total. The van der Waals surface area contributed by atoms with Crippen LogP contribution in [0.4, 0.5) is 17.1 Å². The first-order chi connectivity index (χ1) is 21.4. The molecule has 1 amide bonds. The highest BCUT2D eigenvalue weighted by molar-refractivity contribution is 8.00. The van der Waals surface area contributed by atoms with Crippen LogP contribution < -0.4 is 16.0 Å². The third-order valence-corrected chi connectivity index (χ3v) is 8.66. The summed E-state index contributed by atoms with van der Waals surface area (Å²) in [5.41, 5.74) is 5.11. The summed E-state index contributed by atoms with van der Waals surface area (Å²) in [4.78, 5) is 41.5. The zero-order valence-corrected chi connectivity index (χ0v) is 25.3. The average Bonchev–Trinajstić information content (AvgIpc) is 3.04. The van der Waals surface area contributed by atoms with Crippen LogP contribution in [0.25, 0.3) is 0 Å². The molecule has 1 aliphatic carbocycles. The molecular formula is C36H27N3O3S2. The van der Waals surface area contributed by atoms with Gasteiger partial charge in [0.2, 0.25) is 5.91 Å². The van der Waals surface area contributed by atoms with Crippen molar-refractivity contribution in [1.82, 2.24) is 0 Å². The number of anilines is 3. The fourth-order valence-corrected chi connectivity index (χ4v) is 6.38. The van der Waals surface area contributed by atoms with Gasteiger partial charge in [0.05, 0.1) is 11.3 Å². The Balaban J connectivity index is 1.24. The molecule has 0 radical (unpaired) electrons. The van der Waals surface area contributed by atoms with Crippen molar-refractivity contribution >= 4 is 63.6 Å². The molecule has 6 rings (SSSR count). The normalized spacial score (nSPS) is 12.5. The lowest BCUT2D eigenvalue weighted by molar-refractivity contribution is -0.115. The lowest BCUT2D eigenvalue weighted by Gasteiger charge is -2.22. The lowest BCUT2D eigenvalue weighted by Crippen LogP contribution is -2.25. The molecule has 0 saturated heterocycles. The van der Waals surface area contributed by atoms with Crippen molar-refractivity contribution in [2.75, 3.05) is 16.0 Å². The van der Waals surface area contributed by atoms with Gasteiger partial charge < -0.3 is 16.0 Å². The maximum absolute atomic E-state index is 14.0. The topological polar surface area (TPSA) is 87.3 Å². The van der Waals surface area contributed by atoms with Crippen molar-refractivity contribution in [2.24, 2.45) is 0 Å². The number of aryl methyl sites for hydroxylation is 1. The van der Waals surface area contributed by atoms with Crippen LogP contribution in [-0.4, -0.2) is 22.6 Å². The fourth-order valence-electron chi connectivity index (χ4n) is 5.06. The van der Waals surface area contributed by atoms with E-state index in [-0.39, 0.29) is 28.6 Å². The van der Waals surface area contributed by atoms with Crippen molar-refractivity contribution < 1.29 is 14.4 Å². The van der Waals surface area contributed by atoms with Gasteiger partial charge in [-0.15, -0.1) is 11.8 Å². The first-order valence-electron chi connectivity index (χ1n) is 14.0. The highest BCUT2D eigenvalue weighted by Crippen LogP contribution is 2.38. The van der Waals surface area contributed by atoms with E-state index in [1.165, 1.54) is 11.8 Å². The Morgan fingerprint density at radius 3 is 2.05 bits per heavy atom. The van der Waals surface area contributed by atoms with Crippen LogP contribution in [0.1, 0.15) is 48.2 Å². The molecule has 1 aliphatic rings. The monoisotopic (exact) mass is 613 g/mol. The Labute approximate surface area is 264 Å². The summed E-state index contributed by atoms with van der Waals surface area (Å²) >= 11 is 6.90. The van der Waals surface area contributed by atoms with E-state index in [1.807, 2.05) is 85.8 Å². The van der Waals surface area contributed by atoms with Gasteiger partial charge in [-0.25, -0.2) is 0 Å². The zero-order chi connectivity index (χ0) is 30.6. The molecule has 5 aromatic carbocycles. The van der Waals surface area contributed by atoms with Crippen LogP contribution >= 0.6 is 24.0 Å². The number of hydrogen-bond donors (Lipinski definition) is 3. The maximum atomic E-state index is 14.0. The summed E-state index contributed by atoms with van der Waals surface area (Å²) in [5, 5.41) is 9.17. The third kappa shape index (κ3) is 6.17. The van der Waals surface area contributed by atoms with Crippen LogP contribution in [0.5, 0.6) is 0 Å². The number of carbonyl (C=O) groups is 3. The highest BCUT2D eigenvalue weighted by Gasteiger charge is 2.32. The molecule has 44 heavy (non-hydrogen) atoms. The van der Waals surface area contributed by atoms with Gasteiger partial charge in [-0.3, -0.25) is 14.4 Å². The van der Waals surface area contributed by atoms with Crippen molar-refractivity contribution in [3.63, 3.8) is 0 Å². The van der Waals surface area contributed by atoms with Crippen LogP contribution in [0.3, 0.4) is 0 Å². The van der Waals surface area contributed by atoms with E-state index in [2.05, 4.69) is 16.0 Å². The predicted octanol–water partition coefficient (Wildman–Crippen LogP) is 8.05. The van der Waals surface area contributed by atoms with Crippen molar-refractivity contribution in [3.05, 3.63) is 155 Å². The fraction of sp³-hybridized carbons (Fsp3) is 0.0556. The number of amides is 1. The molecule has 8 heteroatoms. The molecule has 0 bridgehead atoms. The van der Waals surface area contributed by atoms with E-state index < -0.39 is 5.25 Å². The number of benzene rings is 5. The predicted molar refractivity (Wildman–Crippen MR) is 181 cm³/mol. The molecule has 0 spiro atoms. The van der Waals surface area contributed by atoms with Crippen molar-refractivity contribution in [2.45, 2.75) is 17.1 Å². The largest absolute Gasteiger partial charge is 0.332 e. The number of ketones is 2. The molecule has 0 aromatic heterocycles. The third-order valence-electron chi connectivity index (χ3n) is 7.21. The summed E-state index contributed by atoms with van der Waals surface area (Å²) in [7, 11) is 0. The van der Waals surface area contributed by atoms with E-state index in [1.54, 1.807) is 42.5 Å². The van der Waals surface area contributed by atoms with Gasteiger partial charge in [-0.2, -0.15) is 0 Å². The second-order valence-electron chi connectivity index (χ2n) is 10.3. The summed E-state index contributed by atoms with van der Waals surface area (Å²) in [5.74, 6) is -0.841. The van der Waals surface area contributed by atoms with Crippen LogP contribution in [0.2, 0.25) is 0 Å². The molecule has 0 saturated carbocycles. The minimum Gasteiger partial charge on any atom is -0.332 e. The van der Waals surface area contributed by atoms with Gasteiger partial charge in [-0.05, 0) is 61.1 Å². The van der Waals surface area contributed by atoms with Gasteiger partial charge in [0.1, 0.15) is 5.25 Å². The van der Waals surface area contributed by atoms with E-state index in [0.29, 0.717) is 21.9 Å². The van der Waals surface area contributed by atoms with Crippen LogP contribution in [0.15, 0.2) is 126 Å². The Hall–Kier alpha value is -5.05. The van der Waals surface area contributed by atoms with E-state index in [9.17, 15) is 14.4 Å². The summed E-state index contributed by atoms with van der Waals surface area (Å²) in [6.45, 7) is 2.03. The molecule has 6 nitrogen and oxygen atoms in total. The number of thioether (sulfide) groups is 1. The standard InChI is InChI=1S/C36H27N3O3S2/c1-22-17-19-24(20-18-22)37-36(43)38-25-11-7-12-26(21-25)44-34(23-9-3-2-4-10-23)35(42)39-30-16-8-15-29-31(30)33(41)28-14-6-5-13-27(28)32(29)40/h2-21,34H,1H3,(H,39,42)(H2,37,38,43). The second-order valence-corrected chi connectivity index (χ2v) is 11.9. The minimum absolute atomic E-state index is 0.210. The number of rotatable bonds is 7. The SMILES string of the molecule is Cc1ccc(NC(=S)Nc2cccc(SC(C(=O)Nc3cccc4c3C(=O)c3ccccc3C4=O)c3ccccc3)c2)cc1. The molecule has 0 aliphatic heterocycles. The van der Waals surface area contributed by atoms with E-state index in [4.69, 9.17) is 12.2 Å². The van der Waals surface area contributed by atoms with E-state index in [0.717, 1.165) is 27.4 Å². The first kappa shape index (κ1) is 29.0. The maximum Gasteiger partial charge on any atom is 0.242 e. The van der Waals surface area contributed by atoms with Crippen LogP contribution in [-0.2, 0) is 4.79 Å². The van der Waals surface area contributed by atoms with Gasteiger partial charge >= 0.3 is 0 Å². The van der Waals surface area contributed by atoms with Crippen molar-refractivity contribution in [3.8, 4) is 0 Å². The zero-order valence-electron chi connectivity index (χ0n) is 23.7. The van der Waals surface area contributed by atoms with Crippen LogP contribution in [0, 0.1) is 6.92 Å². The van der Waals surface area contributed by atoms with Gasteiger partial charge in [0.15, 0.2) is 16.7 Å². The highest BCUT2D eigenvalue weighted by atomic mass is 32.2. The van der Waals surface area contributed by atoms with Gasteiger partial charge in [0, 0.05) is 33.0 Å². The molecule has 0 heterocycles. The van der Waals surface area contributed by atoms with Crippen molar-refractivity contribution in [1.29, 1.82) is 0 Å². The number of nitrogens with one attached hydrogen (secondary N) is 3. The Kier molecular flexibility index (Phi) is 8.36. The summed E-state index contributed by atoms with van der Waals surface area (Å²) in [6, 6.07) is 36.8. The summed E-state index contributed by atoms with van der Waals surface area (Å²) < 4.78 is 0. The number of carbonyl (C=O) groups excluding carboxylic acids is 3. The molecule has 216 valence electrons. The molecule has 1 atom stereocenters.